The molecule has 0 saturated carbocycles. The van der Waals surface area contributed by atoms with Crippen molar-refractivity contribution in [1.82, 2.24) is 19.1 Å². The molecule has 3 heterocycles. The van der Waals surface area contributed by atoms with Gasteiger partial charge in [-0.15, -0.1) is 11.3 Å². The summed E-state index contributed by atoms with van der Waals surface area (Å²) < 4.78 is 2.72. The van der Waals surface area contributed by atoms with E-state index in [1.807, 2.05) is 13.8 Å². The molecule has 0 saturated heterocycles. The minimum Gasteiger partial charge on any atom is -0.295 e. The highest BCUT2D eigenvalue weighted by atomic mass is 32.1. The van der Waals surface area contributed by atoms with Crippen molar-refractivity contribution in [2.75, 3.05) is 0 Å². The van der Waals surface area contributed by atoms with Crippen molar-refractivity contribution in [2.45, 2.75) is 26.8 Å². The molecule has 0 aliphatic heterocycles. The normalized spacial score (nSPS) is 11.2. The lowest BCUT2D eigenvalue weighted by Crippen LogP contribution is -2.39. The van der Waals surface area contributed by atoms with Crippen LogP contribution in [-0.4, -0.2) is 19.1 Å². The summed E-state index contributed by atoms with van der Waals surface area (Å²) in [7, 11) is 1.66. The molecule has 3 aromatic rings. The Labute approximate surface area is 130 Å². The molecule has 0 bridgehead atoms. The van der Waals surface area contributed by atoms with Crippen LogP contribution in [0.15, 0.2) is 27.9 Å². The van der Waals surface area contributed by atoms with E-state index in [0.717, 1.165) is 15.6 Å². The quantitative estimate of drug-likeness (QED) is 0.732. The minimum absolute atomic E-state index is 0.315. The lowest BCUT2D eigenvalue weighted by atomic mass is 10.3. The van der Waals surface area contributed by atoms with Gasteiger partial charge in [0.15, 0.2) is 5.52 Å². The first-order valence-electron chi connectivity index (χ1n) is 6.96. The molecule has 0 aliphatic carbocycles. The maximum atomic E-state index is 12.5. The molecule has 0 unspecified atom stereocenters. The molecular weight excluding hydrogens is 300 g/mol. The van der Waals surface area contributed by atoms with E-state index in [0.29, 0.717) is 24.0 Å². The van der Waals surface area contributed by atoms with Crippen LogP contribution in [0, 0.1) is 13.8 Å². The molecule has 0 radical (unpaired) electrons. The number of thiazole rings is 1. The molecule has 0 N–H and O–H groups in total. The number of aryl methyl sites for hydroxylation is 4. The van der Waals surface area contributed by atoms with Crippen LogP contribution in [0.2, 0.25) is 0 Å². The zero-order valence-corrected chi connectivity index (χ0v) is 13.5. The molecule has 3 aromatic heterocycles. The molecule has 114 valence electrons. The summed E-state index contributed by atoms with van der Waals surface area (Å²) in [6.07, 6.45) is 2.18. The molecule has 0 aliphatic rings. The first kappa shape index (κ1) is 14.6. The van der Waals surface area contributed by atoms with Gasteiger partial charge in [0.25, 0.3) is 5.56 Å². The zero-order chi connectivity index (χ0) is 15.9. The fourth-order valence-electron chi connectivity index (χ4n) is 2.55. The molecule has 6 nitrogen and oxygen atoms in total. The summed E-state index contributed by atoms with van der Waals surface area (Å²) in [4.78, 5) is 34.5. The summed E-state index contributed by atoms with van der Waals surface area (Å²) in [5.74, 6) is 0. The molecule has 7 heteroatoms. The molecule has 0 amide bonds. The Morgan fingerprint density at radius 3 is 2.73 bits per heavy atom. The first-order chi connectivity index (χ1) is 10.5. The summed E-state index contributed by atoms with van der Waals surface area (Å²) in [5, 5.41) is 0.993. The number of rotatable bonds is 3. The third-order valence-electron chi connectivity index (χ3n) is 3.68. The second-order valence-corrected chi connectivity index (χ2v) is 6.45. The van der Waals surface area contributed by atoms with Gasteiger partial charge in [0.05, 0.1) is 16.2 Å². The third kappa shape index (κ3) is 2.37. The zero-order valence-electron chi connectivity index (χ0n) is 12.7. The van der Waals surface area contributed by atoms with E-state index in [-0.39, 0.29) is 11.2 Å². The molecule has 0 spiro atoms. The van der Waals surface area contributed by atoms with Gasteiger partial charge in [-0.1, -0.05) is 0 Å². The molecular formula is C15H16N4O2S. The monoisotopic (exact) mass is 316 g/mol. The van der Waals surface area contributed by atoms with E-state index in [9.17, 15) is 9.59 Å². The fraction of sp³-hybridized carbons (Fsp3) is 0.333. The number of hydrogen-bond donors (Lipinski definition) is 0. The van der Waals surface area contributed by atoms with Crippen LogP contribution >= 0.6 is 11.3 Å². The lowest BCUT2D eigenvalue weighted by molar-refractivity contribution is 0.605. The van der Waals surface area contributed by atoms with E-state index in [1.165, 1.54) is 9.13 Å². The molecule has 0 aromatic carbocycles. The Balaban J connectivity index is 2.06. The maximum Gasteiger partial charge on any atom is 0.331 e. The smallest absolute Gasteiger partial charge is 0.295 e. The number of pyridine rings is 1. The van der Waals surface area contributed by atoms with Gasteiger partial charge in [-0.25, -0.2) is 14.8 Å². The van der Waals surface area contributed by atoms with Crippen molar-refractivity contribution < 1.29 is 0 Å². The van der Waals surface area contributed by atoms with Gasteiger partial charge in [-0.2, -0.15) is 0 Å². The Kier molecular flexibility index (Phi) is 3.66. The topological polar surface area (TPSA) is 69.8 Å². The van der Waals surface area contributed by atoms with Crippen LogP contribution < -0.4 is 11.2 Å². The molecule has 0 fully saturated rings. The Hall–Kier alpha value is -2.28. The van der Waals surface area contributed by atoms with Crippen molar-refractivity contribution >= 4 is 22.4 Å². The first-order valence-corrected chi connectivity index (χ1v) is 7.78. The van der Waals surface area contributed by atoms with Crippen molar-refractivity contribution in [1.29, 1.82) is 0 Å². The highest BCUT2D eigenvalue weighted by Gasteiger charge is 2.12. The lowest BCUT2D eigenvalue weighted by Gasteiger charge is -2.09. The summed E-state index contributed by atoms with van der Waals surface area (Å²) in [6.45, 7) is 4.23. The van der Waals surface area contributed by atoms with E-state index in [2.05, 4.69) is 9.97 Å². The van der Waals surface area contributed by atoms with E-state index in [1.54, 1.807) is 36.7 Å². The predicted molar refractivity (Wildman–Crippen MR) is 86.5 cm³/mol. The summed E-state index contributed by atoms with van der Waals surface area (Å²) in [5.41, 5.74) is 1.19. The highest BCUT2D eigenvalue weighted by molar-refractivity contribution is 7.11. The average molecular weight is 316 g/mol. The predicted octanol–water partition coefficient (Wildman–Crippen LogP) is 1.41. The largest absolute Gasteiger partial charge is 0.331 e. The Bertz CT molecular complexity index is 968. The van der Waals surface area contributed by atoms with Gasteiger partial charge in [-0.05, 0) is 26.0 Å². The van der Waals surface area contributed by atoms with Crippen LogP contribution in [0.5, 0.6) is 0 Å². The second kappa shape index (κ2) is 5.49. The van der Waals surface area contributed by atoms with E-state index < -0.39 is 0 Å². The van der Waals surface area contributed by atoms with Gasteiger partial charge >= 0.3 is 5.69 Å². The van der Waals surface area contributed by atoms with Gasteiger partial charge in [0, 0.05) is 31.1 Å². The van der Waals surface area contributed by atoms with E-state index >= 15 is 0 Å². The average Bonchev–Trinajstić information content (AvgIpc) is 2.83. The van der Waals surface area contributed by atoms with Crippen molar-refractivity contribution in [2.24, 2.45) is 7.05 Å². The summed E-state index contributed by atoms with van der Waals surface area (Å²) >= 11 is 1.60. The van der Waals surface area contributed by atoms with Crippen LogP contribution in [-0.2, 0) is 20.0 Å². The van der Waals surface area contributed by atoms with Gasteiger partial charge in [-0.3, -0.25) is 13.9 Å². The van der Waals surface area contributed by atoms with Crippen LogP contribution in [0.4, 0.5) is 0 Å². The van der Waals surface area contributed by atoms with Gasteiger partial charge in [0.2, 0.25) is 0 Å². The number of fused-ring (bicyclic) bond motifs is 1. The Morgan fingerprint density at radius 2 is 2.05 bits per heavy atom. The van der Waals surface area contributed by atoms with Crippen LogP contribution in [0.3, 0.4) is 0 Å². The van der Waals surface area contributed by atoms with Gasteiger partial charge < -0.3 is 0 Å². The van der Waals surface area contributed by atoms with E-state index in [4.69, 9.17) is 0 Å². The number of aromatic nitrogens is 4. The molecule has 3 rings (SSSR count). The minimum atomic E-state index is -0.336. The van der Waals surface area contributed by atoms with Crippen LogP contribution in [0.1, 0.15) is 15.6 Å². The third-order valence-corrected chi connectivity index (χ3v) is 4.81. The number of nitrogens with zero attached hydrogens (tertiary/aromatic N) is 4. The molecule has 22 heavy (non-hydrogen) atoms. The summed E-state index contributed by atoms with van der Waals surface area (Å²) in [6, 6.07) is 3.45. The molecule has 0 atom stereocenters. The highest BCUT2D eigenvalue weighted by Crippen LogP contribution is 2.17. The van der Waals surface area contributed by atoms with Crippen molar-refractivity contribution in [3.8, 4) is 0 Å². The SMILES string of the molecule is Cc1nc(C)c(CCn2c(=O)c3ncccc3n(C)c2=O)s1. The Morgan fingerprint density at radius 1 is 1.27 bits per heavy atom. The fourth-order valence-corrected chi connectivity index (χ4v) is 3.47. The second-order valence-electron chi connectivity index (χ2n) is 5.16. The van der Waals surface area contributed by atoms with Gasteiger partial charge in [0.1, 0.15) is 0 Å². The van der Waals surface area contributed by atoms with Crippen LogP contribution in [0.25, 0.3) is 11.0 Å². The van der Waals surface area contributed by atoms with Crippen molar-refractivity contribution in [3.63, 3.8) is 0 Å². The maximum absolute atomic E-state index is 12.5. The standard InChI is InChI=1S/C15H16N4O2S/c1-9-12(22-10(2)17-9)6-8-19-14(20)13-11(5-4-7-16-13)18(3)15(19)21/h4-5,7H,6,8H2,1-3H3. The number of hydrogen-bond acceptors (Lipinski definition) is 5. The van der Waals surface area contributed by atoms with Crippen molar-refractivity contribution in [3.05, 3.63) is 54.7 Å².